The van der Waals surface area contributed by atoms with Gasteiger partial charge in [0.25, 0.3) is 0 Å². The molecule has 0 saturated heterocycles. The second-order valence-electron chi connectivity index (χ2n) is 9.03. The lowest BCUT2D eigenvalue weighted by atomic mass is 10.1. The first-order valence-corrected chi connectivity index (χ1v) is 14.8. The van der Waals surface area contributed by atoms with Crippen LogP contribution in [0.3, 0.4) is 0 Å². The van der Waals surface area contributed by atoms with Crippen LogP contribution in [0.4, 0.5) is 0 Å². The van der Waals surface area contributed by atoms with Crippen LogP contribution >= 0.6 is 7.60 Å². The molecule has 0 radical (unpaired) electrons. The number of hydrogen-bond donors (Lipinski definition) is 0. The predicted octanol–water partition coefficient (Wildman–Crippen LogP) is 6.88. The van der Waals surface area contributed by atoms with E-state index >= 15 is 0 Å². The molecular formula is C31H37O7P. The van der Waals surface area contributed by atoms with Gasteiger partial charge in [-0.2, -0.15) is 0 Å². The van der Waals surface area contributed by atoms with E-state index in [-0.39, 0.29) is 26.4 Å². The van der Waals surface area contributed by atoms with Crippen molar-refractivity contribution in [2.24, 2.45) is 0 Å². The summed E-state index contributed by atoms with van der Waals surface area (Å²) in [6, 6.07) is 29.6. The first-order valence-electron chi connectivity index (χ1n) is 13.3. The normalized spacial score (nSPS) is 19.3. The van der Waals surface area contributed by atoms with Crippen LogP contribution in [-0.2, 0) is 52.4 Å². The van der Waals surface area contributed by atoms with Gasteiger partial charge < -0.3 is 28.0 Å². The Kier molecular flexibility index (Phi) is 11.3. The average molecular weight is 553 g/mol. The monoisotopic (exact) mass is 552 g/mol. The van der Waals surface area contributed by atoms with Crippen molar-refractivity contribution in [1.29, 1.82) is 0 Å². The van der Waals surface area contributed by atoms with Crippen LogP contribution in [0.5, 0.6) is 0 Å². The predicted molar refractivity (Wildman–Crippen MR) is 150 cm³/mol. The minimum Gasteiger partial charge on any atom is -0.492 e. The topological polar surface area (TPSA) is 72.5 Å². The van der Waals surface area contributed by atoms with Gasteiger partial charge in [-0.25, -0.2) is 0 Å². The molecule has 1 heterocycles. The highest BCUT2D eigenvalue weighted by molar-refractivity contribution is 7.58. The summed E-state index contributed by atoms with van der Waals surface area (Å²) in [4.78, 5) is 0. The van der Waals surface area contributed by atoms with Crippen molar-refractivity contribution >= 4 is 7.60 Å². The average Bonchev–Trinajstić information content (AvgIpc) is 2.97. The maximum absolute atomic E-state index is 14.0. The van der Waals surface area contributed by atoms with Crippen molar-refractivity contribution in [3.05, 3.63) is 119 Å². The fourth-order valence-corrected chi connectivity index (χ4v) is 6.09. The molecule has 0 aromatic heterocycles. The van der Waals surface area contributed by atoms with Crippen LogP contribution in [0.25, 0.3) is 0 Å². The van der Waals surface area contributed by atoms with Gasteiger partial charge in [-0.3, -0.25) is 4.57 Å². The first-order chi connectivity index (χ1) is 19.1. The molecule has 3 atom stereocenters. The lowest BCUT2D eigenvalue weighted by Crippen LogP contribution is -2.48. The van der Waals surface area contributed by atoms with Crippen molar-refractivity contribution in [2.45, 2.75) is 52.0 Å². The number of rotatable bonds is 15. The summed E-state index contributed by atoms with van der Waals surface area (Å²) in [7, 11) is -3.72. The van der Waals surface area contributed by atoms with Crippen molar-refractivity contribution in [1.82, 2.24) is 0 Å². The Morgan fingerprint density at radius 2 is 1.18 bits per heavy atom. The van der Waals surface area contributed by atoms with Crippen LogP contribution in [0.2, 0.25) is 0 Å². The molecular weight excluding hydrogens is 515 g/mol. The van der Waals surface area contributed by atoms with Crippen LogP contribution in [0.1, 0.15) is 30.5 Å². The molecule has 0 fully saturated rings. The second kappa shape index (κ2) is 15.1. The summed E-state index contributed by atoms with van der Waals surface area (Å²) in [5.74, 6) is 0. The smallest absolute Gasteiger partial charge is 0.363 e. The van der Waals surface area contributed by atoms with E-state index in [0.29, 0.717) is 18.5 Å². The van der Waals surface area contributed by atoms with Crippen molar-refractivity contribution in [3.8, 4) is 0 Å². The first kappa shape index (κ1) is 29.2. The fraction of sp³-hybridized carbons (Fsp3) is 0.355. The Hall–Kier alpha value is -2.77. The third-order valence-corrected chi connectivity index (χ3v) is 8.37. The summed E-state index contributed by atoms with van der Waals surface area (Å²) in [5.41, 5.74) is 3.03. The molecule has 0 bridgehead atoms. The standard InChI is InChI=1S/C31H37O7P/c1-3-37-39(32,38-4-2)29-24-34-28(23-33-20-25-14-8-5-9-15-25)30(35-21-26-16-10-6-11-17-26)31(29)36-22-27-18-12-7-13-19-27/h5-19,24,28,30-31H,3-4,20-23H2,1-2H3/t28?,30-,31+/m0/s1. The van der Waals surface area contributed by atoms with Crippen LogP contribution in [0.15, 0.2) is 103 Å². The third kappa shape index (κ3) is 8.36. The molecule has 1 aliphatic rings. The summed E-state index contributed by atoms with van der Waals surface area (Å²) < 4.78 is 50.4. The third-order valence-electron chi connectivity index (χ3n) is 6.19. The van der Waals surface area contributed by atoms with E-state index in [4.69, 9.17) is 28.0 Å². The maximum Gasteiger partial charge on any atom is 0.363 e. The van der Waals surface area contributed by atoms with Crippen molar-refractivity contribution in [3.63, 3.8) is 0 Å². The molecule has 0 amide bonds. The summed E-state index contributed by atoms with van der Waals surface area (Å²) in [6.07, 6.45) is -0.449. The molecule has 1 unspecified atom stereocenters. The molecule has 8 heteroatoms. The van der Waals surface area contributed by atoms with E-state index in [2.05, 4.69) is 0 Å². The van der Waals surface area contributed by atoms with Crippen molar-refractivity contribution < 1.29 is 32.6 Å². The van der Waals surface area contributed by atoms with Gasteiger partial charge in [0.1, 0.15) is 23.6 Å². The molecule has 39 heavy (non-hydrogen) atoms. The van der Waals surface area contributed by atoms with Gasteiger partial charge in [0.15, 0.2) is 0 Å². The molecule has 208 valence electrons. The molecule has 0 spiro atoms. The van der Waals surface area contributed by atoms with E-state index in [1.54, 1.807) is 13.8 Å². The van der Waals surface area contributed by atoms with Gasteiger partial charge in [-0.1, -0.05) is 91.0 Å². The summed E-state index contributed by atoms with van der Waals surface area (Å²) in [6.45, 7) is 5.24. The zero-order valence-electron chi connectivity index (χ0n) is 22.5. The Balaban J connectivity index is 1.61. The van der Waals surface area contributed by atoms with E-state index in [1.165, 1.54) is 6.26 Å². The highest BCUT2D eigenvalue weighted by Gasteiger charge is 2.47. The second-order valence-corrected chi connectivity index (χ2v) is 11.1. The Labute approximate surface area is 231 Å². The number of ether oxygens (including phenoxy) is 4. The van der Waals surface area contributed by atoms with E-state index in [1.807, 2.05) is 91.0 Å². The zero-order valence-corrected chi connectivity index (χ0v) is 23.4. The molecule has 3 aromatic rings. The highest BCUT2D eigenvalue weighted by atomic mass is 31.2. The number of benzene rings is 3. The zero-order chi connectivity index (χ0) is 27.3. The summed E-state index contributed by atoms with van der Waals surface area (Å²) >= 11 is 0. The lowest BCUT2D eigenvalue weighted by Gasteiger charge is -2.39. The van der Waals surface area contributed by atoms with E-state index in [9.17, 15) is 4.57 Å². The minimum absolute atomic E-state index is 0.208. The molecule has 4 rings (SSSR count). The molecule has 3 aromatic carbocycles. The largest absolute Gasteiger partial charge is 0.492 e. The van der Waals surface area contributed by atoms with Gasteiger partial charge in [-0.05, 0) is 30.5 Å². The molecule has 0 saturated carbocycles. The van der Waals surface area contributed by atoms with E-state index in [0.717, 1.165) is 16.7 Å². The van der Waals surface area contributed by atoms with Gasteiger partial charge in [0.2, 0.25) is 0 Å². The molecule has 0 aliphatic carbocycles. The van der Waals surface area contributed by atoms with Crippen LogP contribution in [0, 0.1) is 0 Å². The van der Waals surface area contributed by atoms with Crippen LogP contribution < -0.4 is 0 Å². The number of hydrogen-bond acceptors (Lipinski definition) is 7. The summed E-state index contributed by atoms with van der Waals surface area (Å²) in [5, 5.41) is 0.305. The minimum atomic E-state index is -3.72. The lowest BCUT2D eigenvalue weighted by molar-refractivity contribution is -0.150. The maximum atomic E-state index is 14.0. The molecule has 1 aliphatic heterocycles. The quantitative estimate of drug-likeness (QED) is 0.190. The van der Waals surface area contributed by atoms with Gasteiger partial charge >= 0.3 is 7.60 Å². The van der Waals surface area contributed by atoms with Gasteiger partial charge in [0.05, 0.1) is 45.9 Å². The van der Waals surface area contributed by atoms with Crippen LogP contribution in [-0.4, -0.2) is 38.1 Å². The Bertz CT molecular complexity index is 1180. The SMILES string of the molecule is CCOP(=O)(OCC)C1=COC(COCc2ccccc2)[C@H](OCc2ccccc2)[C@@H]1OCc1ccccc1. The fourth-order valence-electron chi connectivity index (χ4n) is 4.31. The molecule has 0 N–H and O–H groups in total. The molecule has 7 nitrogen and oxygen atoms in total. The highest BCUT2D eigenvalue weighted by Crippen LogP contribution is 2.59. The van der Waals surface area contributed by atoms with E-state index < -0.39 is 25.9 Å². The van der Waals surface area contributed by atoms with Crippen molar-refractivity contribution in [2.75, 3.05) is 19.8 Å². The van der Waals surface area contributed by atoms with Gasteiger partial charge in [-0.15, -0.1) is 0 Å². The van der Waals surface area contributed by atoms with Gasteiger partial charge in [0, 0.05) is 0 Å². The Morgan fingerprint density at radius 1 is 0.692 bits per heavy atom. The Morgan fingerprint density at radius 3 is 1.69 bits per heavy atom.